The summed E-state index contributed by atoms with van der Waals surface area (Å²) in [5.41, 5.74) is 1.96. The summed E-state index contributed by atoms with van der Waals surface area (Å²) < 4.78 is 0. The van der Waals surface area contributed by atoms with Gasteiger partial charge in [-0.2, -0.15) is 0 Å². The fourth-order valence-electron chi connectivity index (χ4n) is 3.01. The lowest BCUT2D eigenvalue weighted by atomic mass is 10.1. The molecule has 0 aromatic heterocycles. The summed E-state index contributed by atoms with van der Waals surface area (Å²) >= 11 is 7.87. The molecule has 3 rings (SSSR count). The molecule has 0 saturated carbocycles. The number of hydrogen-bond acceptors (Lipinski definition) is 4. The molecule has 1 aliphatic rings. The van der Waals surface area contributed by atoms with Crippen LogP contribution in [0.15, 0.2) is 41.3 Å². The first-order chi connectivity index (χ1) is 13.9. The summed E-state index contributed by atoms with van der Waals surface area (Å²) in [4.78, 5) is 39.5. The van der Waals surface area contributed by atoms with Gasteiger partial charge in [-0.3, -0.25) is 14.4 Å². The number of amides is 3. The first-order valence-electron chi connectivity index (χ1n) is 9.39. The van der Waals surface area contributed by atoms with Gasteiger partial charge in [0.15, 0.2) is 0 Å². The number of fused-ring (bicyclic) bond motifs is 1. The van der Waals surface area contributed by atoms with E-state index in [4.69, 9.17) is 11.6 Å². The Bertz CT molecular complexity index is 960. The summed E-state index contributed by atoms with van der Waals surface area (Å²) in [5.74, 6) is 0.183. The summed E-state index contributed by atoms with van der Waals surface area (Å²) in [6.45, 7) is 5.01. The maximum atomic E-state index is 12.6. The van der Waals surface area contributed by atoms with Gasteiger partial charge in [-0.25, -0.2) is 0 Å². The molecule has 0 unspecified atom stereocenters. The van der Waals surface area contributed by atoms with Crippen LogP contribution in [0.4, 0.5) is 11.4 Å². The predicted octanol–water partition coefficient (Wildman–Crippen LogP) is 4.51. The minimum absolute atomic E-state index is 0.0611. The van der Waals surface area contributed by atoms with Crippen LogP contribution in [0.25, 0.3) is 0 Å². The summed E-state index contributed by atoms with van der Waals surface area (Å²) in [6, 6.07) is 10.1. The van der Waals surface area contributed by atoms with Crippen molar-refractivity contribution in [1.29, 1.82) is 0 Å². The molecule has 0 aliphatic carbocycles. The lowest BCUT2D eigenvalue weighted by Gasteiger charge is -2.19. The molecule has 2 aromatic rings. The molecule has 6 nitrogen and oxygen atoms in total. The zero-order chi connectivity index (χ0) is 21.0. The second-order valence-corrected chi connectivity index (χ2v) is 8.03. The van der Waals surface area contributed by atoms with Crippen molar-refractivity contribution in [3.8, 4) is 0 Å². The van der Waals surface area contributed by atoms with Crippen LogP contribution in [-0.2, 0) is 4.79 Å². The zero-order valence-corrected chi connectivity index (χ0v) is 17.8. The van der Waals surface area contributed by atoms with Crippen molar-refractivity contribution in [1.82, 2.24) is 4.90 Å². The van der Waals surface area contributed by atoms with Crippen molar-refractivity contribution in [3.05, 3.63) is 52.5 Å². The van der Waals surface area contributed by atoms with Gasteiger partial charge in [-0.05, 0) is 50.2 Å². The van der Waals surface area contributed by atoms with Crippen molar-refractivity contribution in [2.75, 3.05) is 29.5 Å². The number of thioether (sulfide) groups is 1. The van der Waals surface area contributed by atoms with Gasteiger partial charge < -0.3 is 15.5 Å². The third-order valence-electron chi connectivity index (χ3n) is 4.61. The Labute approximate surface area is 179 Å². The van der Waals surface area contributed by atoms with E-state index in [1.165, 1.54) is 0 Å². The Morgan fingerprint density at radius 1 is 1.17 bits per heavy atom. The first-order valence-corrected chi connectivity index (χ1v) is 10.8. The molecule has 152 valence electrons. The third-order valence-corrected chi connectivity index (χ3v) is 6.00. The number of carbonyl (C=O) groups is 3. The van der Waals surface area contributed by atoms with E-state index in [1.807, 2.05) is 19.9 Å². The highest BCUT2D eigenvalue weighted by molar-refractivity contribution is 7.99. The molecule has 0 fully saturated rings. The Hall–Kier alpha value is -2.51. The summed E-state index contributed by atoms with van der Waals surface area (Å²) in [5, 5.41) is 5.90. The van der Waals surface area contributed by atoms with E-state index < -0.39 is 0 Å². The fraction of sp³-hybridized carbons (Fsp3) is 0.286. The Morgan fingerprint density at radius 3 is 2.62 bits per heavy atom. The number of nitrogens with one attached hydrogen (secondary N) is 2. The molecule has 0 radical (unpaired) electrons. The molecule has 2 aromatic carbocycles. The van der Waals surface area contributed by atoms with Crippen LogP contribution in [-0.4, -0.2) is 41.5 Å². The average molecular weight is 432 g/mol. The van der Waals surface area contributed by atoms with Crippen molar-refractivity contribution >= 4 is 52.5 Å². The van der Waals surface area contributed by atoms with Gasteiger partial charge in [0.05, 0.1) is 16.3 Å². The minimum atomic E-state index is -0.324. The van der Waals surface area contributed by atoms with E-state index in [-0.39, 0.29) is 22.7 Å². The van der Waals surface area contributed by atoms with Crippen LogP contribution in [0.2, 0.25) is 5.02 Å². The van der Waals surface area contributed by atoms with E-state index in [2.05, 4.69) is 10.6 Å². The molecule has 0 bridgehead atoms. The van der Waals surface area contributed by atoms with Crippen LogP contribution >= 0.6 is 23.4 Å². The van der Waals surface area contributed by atoms with E-state index >= 15 is 0 Å². The Kier molecular flexibility index (Phi) is 6.82. The maximum Gasteiger partial charge on any atom is 0.255 e. The molecular formula is C21H22ClN3O3S. The molecule has 8 heteroatoms. The predicted molar refractivity (Wildman–Crippen MR) is 117 cm³/mol. The molecule has 0 spiro atoms. The number of nitrogens with zero attached hydrogens (tertiary/aromatic N) is 1. The Balaban J connectivity index is 1.77. The van der Waals surface area contributed by atoms with Gasteiger partial charge in [0.1, 0.15) is 0 Å². The average Bonchev–Trinajstić information content (AvgIpc) is 2.88. The lowest BCUT2D eigenvalue weighted by molar-refractivity contribution is -0.115. The largest absolute Gasteiger partial charge is 0.339 e. The van der Waals surface area contributed by atoms with Crippen LogP contribution < -0.4 is 10.6 Å². The SMILES string of the molecule is CCN(CC)C(=O)c1ccc(NC(=O)c2ccc3c(c2)NC(=O)CCS3)cc1Cl. The molecule has 29 heavy (non-hydrogen) atoms. The molecule has 1 aliphatic heterocycles. The number of anilines is 2. The second-order valence-electron chi connectivity index (χ2n) is 6.48. The van der Waals surface area contributed by atoms with Crippen molar-refractivity contribution < 1.29 is 14.4 Å². The first kappa shape index (κ1) is 21.2. The van der Waals surface area contributed by atoms with E-state index in [9.17, 15) is 14.4 Å². The number of carbonyl (C=O) groups excluding carboxylic acids is 3. The minimum Gasteiger partial charge on any atom is -0.339 e. The number of halogens is 1. The van der Waals surface area contributed by atoms with Crippen molar-refractivity contribution in [2.24, 2.45) is 0 Å². The maximum absolute atomic E-state index is 12.6. The zero-order valence-electron chi connectivity index (χ0n) is 16.3. The molecule has 2 N–H and O–H groups in total. The number of benzene rings is 2. The van der Waals surface area contributed by atoms with E-state index in [0.29, 0.717) is 47.8 Å². The fourth-order valence-corrected chi connectivity index (χ4v) is 4.21. The van der Waals surface area contributed by atoms with Gasteiger partial charge in [0.2, 0.25) is 5.91 Å². The topological polar surface area (TPSA) is 78.5 Å². The summed E-state index contributed by atoms with van der Waals surface area (Å²) in [6.07, 6.45) is 0.442. The number of hydrogen-bond donors (Lipinski definition) is 2. The van der Waals surface area contributed by atoms with Crippen molar-refractivity contribution in [3.63, 3.8) is 0 Å². The third kappa shape index (κ3) is 4.92. The van der Waals surface area contributed by atoms with Gasteiger partial charge in [-0.1, -0.05) is 11.6 Å². The quantitative estimate of drug-likeness (QED) is 0.730. The highest BCUT2D eigenvalue weighted by Crippen LogP contribution is 2.32. The standard InChI is InChI=1S/C21H22ClN3O3S/c1-3-25(4-2)21(28)15-7-6-14(12-16(15)22)23-20(27)13-5-8-18-17(11-13)24-19(26)9-10-29-18/h5-8,11-12H,3-4,9-10H2,1-2H3,(H,23,27)(H,24,26). The second kappa shape index (κ2) is 9.33. The molecular weight excluding hydrogens is 410 g/mol. The van der Waals surface area contributed by atoms with Crippen LogP contribution in [0.1, 0.15) is 41.0 Å². The summed E-state index contributed by atoms with van der Waals surface area (Å²) in [7, 11) is 0. The van der Waals surface area contributed by atoms with Gasteiger partial charge >= 0.3 is 0 Å². The highest BCUT2D eigenvalue weighted by Gasteiger charge is 2.18. The van der Waals surface area contributed by atoms with Gasteiger partial charge in [0, 0.05) is 41.4 Å². The molecule has 1 heterocycles. The Morgan fingerprint density at radius 2 is 1.93 bits per heavy atom. The normalized spacial score (nSPS) is 13.1. The van der Waals surface area contributed by atoms with Gasteiger partial charge in [0.25, 0.3) is 11.8 Å². The monoisotopic (exact) mass is 431 g/mol. The van der Waals surface area contributed by atoms with Crippen molar-refractivity contribution in [2.45, 2.75) is 25.2 Å². The lowest BCUT2D eigenvalue weighted by Crippen LogP contribution is -2.30. The highest BCUT2D eigenvalue weighted by atomic mass is 35.5. The van der Waals surface area contributed by atoms with Crippen LogP contribution in [0, 0.1) is 0 Å². The molecule has 3 amide bonds. The van der Waals surface area contributed by atoms with E-state index in [0.717, 1.165) is 4.90 Å². The van der Waals surface area contributed by atoms with Gasteiger partial charge in [-0.15, -0.1) is 11.8 Å². The number of rotatable bonds is 5. The van der Waals surface area contributed by atoms with Crippen LogP contribution in [0.3, 0.4) is 0 Å². The van der Waals surface area contributed by atoms with Crippen LogP contribution in [0.5, 0.6) is 0 Å². The molecule has 0 saturated heterocycles. The van der Waals surface area contributed by atoms with E-state index in [1.54, 1.807) is 47.0 Å². The molecule has 0 atom stereocenters. The smallest absolute Gasteiger partial charge is 0.255 e.